The molecule has 5 rings (SSSR count). The maximum absolute atomic E-state index is 12.7. The van der Waals surface area contributed by atoms with Gasteiger partial charge in [-0.25, -0.2) is 4.98 Å². The summed E-state index contributed by atoms with van der Waals surface area (Å²) < 4.78 is 2.07. The zero-order valence-electron chi connectivity index (χ0n) is 14.2. The molecule has 4 heterocycles. The van der Waals surface area contributed by atoms with Gasteiger partial charge in [-0.2, -0.15) is 0 Å². The van der Waals surface area contributed by atoms with E-state index in [-0.39, 0.29) is 12.1 Å². The molecular formula is C20H20N4O. The summed E-state index contributed by atoms with van der Waals surface area (Å²) >= 11 is 0. The molecule has 5 nitrogen and oxygen atoms in total. The van der Waals surface area contributed by atoms with Gasteiger partial charge in [0.2, 0.25) is 0 Å². The second-order valence-corrected chi connectivity index (χ2v) is 6.99. The number of pyridine rings is 1. The van der Waals surface area contributed by atoms with Crippen LogP contribution in [0.15, 0.2) is 48.8 Å². The topological polar surface area (TPSA) is 40.9 Å². The largest absolute Gasteiger partial charge is 0.319 e. The molecule has 2 aliphatic heterocycles. The Bertz CT molecular complexity index is 977. The van der Waals surface area contributed by atoms with E-state index in [1.807, 2.05) is 23.1 Å². The number of carbonyl (C=O) groups is 1. The van der Waals surface area contributed by atoms with Crippen LogP contribution in [0.5, 0.6) is 0 Å². The first-order valence-electron chi connectivity index (χ1n) is 8.79. The van der Waals surface area contributed by atoms with Crippen LogP contribution in [0.2, 0.25) is 0 Å². The fraction of sp³-hybridized carbons (Fsp3) is 0.300. The highest BCUT2D eigenvalue weighted by Crippen LogP contribution is 2.39. The summed E-state index contributed by atoms with van der Waals surface area (Å²) in [6, 6.07) is 12.2. The van der Waals surface area contributed by atoms with Crippen LogP contribution in [0.1, 0.15) is 39.8 Å². The lowest BCUT2D eigenvalue weighted by Crippen LogP contribution is -2.45. The molecule has 0 unspecified atom stereocenters. The Morgan fingerprint density at radius 1 is 1.20 bits per heavy atom. The molecule has 0 radical (unpaired) electrons. The van der Waals surface area contributed by atoms with E-state index < -0.39 is 0 Å². The SMILES string of the molecule is Cc1ccn2cc(CN3CCCN4C(=O)c5ccccc5[C@@H]34)nc2c1. The number of hydrogen-bond donors (Lipinski definition) is 0. The van der Waals surface area contributed by atoms with E-state index in [0.717, 1.165) is 48.5 Å². The number of carbonyl (C=O) groups excluding carboxylic acids is 1. The first-order chi connectivity index (χ1) is 12.2. The quantitative estimate of drug-likeness (QED) is 0.724. The molecule has 0 spiro atoms. The first kappa shape index (κ1) is 14.7. The van der Waals surface area contributed by atoms with Crippen molar-refractivity contribution in [2.75, 3.05) is 13.1 Å². The minimum Gasteiger partial charge on any atom is -0.319 e. The maximum Gasteiger partial charge on any atom is 0.255 e. The minimum absolute atomic E-state index is 0.0454. The summed E-state index contributed by atoms with van der Waals surface area (Å²) in [7, 11) is 0. The van der Waals surface area contributed by atoms with Crippen LogP contribution in [0, 0.1) is 6.92 Å². The predicted octanol–water partition coefficient (Wildman–Crippen LogP) is 3.00. The van der Waals surface area contributed by atoms with Crippen LogP contribution in [0.25, 0.3) is 5.65 Å². The van der Waals surface area contributed by atoms with E-state index >= 15 is 0 Å². The van der Waals surface area contributed by atoms with E-state index in [1.165, 1.54) is 5.56 Å². The summed E-state index contributed by atoms with van der Waals surface area (Å²) in [6.45, 7) is 4.65. The van der Waals surface area contributed by atoms with Gasteiger partial charge in [-0.1, -0.05) is 18.2 Å². The van der Waals surface area contributed by atoms with Crippen molar-refractivity contribution < 1.29 is 4.79 Å². The van der Waals surface area contributed by atoms with E-state index in [2.05, 4.69) is 46.8 Å². The molecule has 3 aromatic rings. The lowest BCUT2D eigenvalue weighted by Gasteiger charge is -2.39. The minimum atomic E-state index is 0.0454. The molecule has 2 aliphatic rings. The highest BCUT2D eigenvalue weighted by molar-refractivity contribution is 5.99. The Morgan fingerprint density at radius 2 is 2.08 bits per heavy atom. The van der Waals surface area contributed by atoms with Crippen LogP contribution in [0.3, 0.4) is 0 Å². The Morgan fingerprint density at radius 3 is 3.00 bits per heavy atom. The normalized spacial score (nSPS) is 20.1. The van der Waals surface area contributed by atoms with Crippen molar-refractivity contribution in [1.29, 1.82) is 0 Å². The molecule has 0 bridgehead atoms. The van der Waals surface area contributed by atoms with Crippen molar-refractivity contribution in [3.05, 3.63) is 71.2 Å². The molecule has 1 fully saturated rings. The van der Waals surface area contributed by atoms with Crippen LogP contribution in [-0.2, 0) is 6.54 Å². The number of amides is 1. The number of aryl methyl sites for hydroxylation is 1. The second kappa shape index (κ2) is 5.43. The molecular weight excluding hydrogens is 312 g/mol. The van der Waals surface area contributed by atoms with Gasteiger partial charge in [-0.15, -0.1) is 0 Å². The molecule has 25 heavy (non-hydrogen) atoms. The van der Waals surface area contributed by atoms with Gasteiger partial charge in [0.1, 0.15) is 11.8 Å². The van der Waals surface area contributed by atoms with Crippen molar-refractivity contribution in [3.63, 3.8) is 0 Å². The summed E-state index contributed by atoms with van der Waals surface area (Å²) in [5, 5.41) is 0. The first-order valence-corrected chi connectivity index (χ1v) is 8.79. The third-order valence-electron chi connectivity index (χ3n) is 5.25. The van der Waals surface area contributed by atoms with Gasteiger partial charge < -0.3 is 9.30 Å². The second-order valence-electron chi connectivity index (χ2n) is 6.99. The Kier molecular flexibility index (Phi) is 3.18. The molecule has 0 aliphatic carbocycles. The zero-order chi connectivity index (χ0) is 17.0. The molecule has 1 atom stereocenters. The monoisotopic (exact) mass is 332 g/mol. The third kappa shape index (κ3) is 2.27. The average molecular weight is 332 g/mol. The number of nitrogens with zero attached hydrogens (tertiary/aromatic N) is 4. The Labute approximate surface area is 146 Å². The standard InChI is InChI=1S/C20H20N4O/c1-14-7-10-22-12-15(21-18(22)11-14)13-23-8-4-9-24-19(23)16-5-2-3-6-17(16)20(24)25/h2-3,5-7,10-12,19H,4,8-9,13H2,1H3/t19-/m0/s1. The number of benzene rings is 1. The van der Waals surface area contributed by atoms with E-state index in [4.69, 9.17) is 4.98 Å². The van der Waals surface area contributed by atoms with Crippen LogP contribution in [-0.4, -0.2) is 38.2 Å². The van der Waals surface area contributed by atoms with Gasteiger partial charge in [0, 0.05) is 43.2 Å². The number of hydrogen-bond acceptors (Lipinski definition) is 3. The molecule has 2 aromatic heterocycles. The number of aromatic nitrogens is 2. The smallest absolute Gasteiger partial charge is 0.255 e. The fourth-order valence-corrected chi connectivity index (χ4v) is 4.12. The summed E-state index contributed by atoms with van der Waals surface area (Å²) in [6.07, 6.45) is 5.20. The Hall–Kier alpha value is -2.66. The van der Waals surface area contributed by atoms with Crippen molar-refractivity contribution in [1.82, 2.24) is 19.2 Å². The molecule has 0 N–H and O–H groups in total. The van der Waals surface area contributed by atoms with Crippen molar-refractivity contribution >= 4 is 11.6 Å². The van der Waals surface area contributed by atoms with E-state index in [0.29, 0.717) is 0 Å². The lowest BCUT2D eigenvalue weighted by molar-refractivity contribution is 0.0119. The van der Waals surface area contributed by atoms with Crippen molar-refractivity contribution in [2.45, 2.75) is 26.1 Å². The van der Waals surface area contributed by atoms with Crippen LogP contribution < -0.4 is 0 Å². The molecule has 126 valence electrons. The van der Waals surface area contributed by atoms with Gasteiger partial charge in [0.05, 0.1) is 5.69 Å². The number of fused-ring (bicyclic) bond motifs is 4. The molecule has 5 heteroatoms. The number of rotatable bonds is 2. The highest BCUT2D eigenvalue weighted by atomic mass is 16.2. The summed E-state index contributed by atoms with van der Waals surface area (Å²) in [4.78, 5) is 21.8. The van der Waals surface area contributed by atoms with Crippen molar-refractivity contribution in [3.8, 4) is 0 Å². The maximum atomic E-state index is 12.7. The third-order valence-corrected chi connectivity index (χ3v) is 5.25. The van der Waals surface area contributed by atoms with Crippen molar-refractivity contribution in [2.24, 2.45) is 0 Å². The summed E-state index contributed by atoms with van der Waals surface area (Å²) in [5.74, 6) is 0.163. The fourth-order valence-electron chi connectivity index (χ4n) is 4.12. The van der Waals surface area contributed by atoms with Gasteiger partial charge in [-0.3, -0.25) is 9.69 Å². The van der Waals surface area contributed by atoms with Gasteiger partial charge in [-0.05, 0) is 37.1 Å². The Balaban J connectivity index is 1.50. The van der Waals surface area contributed by atoms with Gasteiger partial charge in [0.15, 0.2) is 0 Å². The molecule has 0 saturated carbocycles. The van der Waals surface area contributed by atoms with E-state index in [1.54, 1.807) is 0 Å². The van der Waals surface area contributed by atoms with Crippen LogP contribution >= 0.6 is 0 Å². The molecule has 1 amide bonds. The average Bonchev–Trinajstić information content (AvgIpc) is 3.14. The van der Waals surface area contributed by atoms with Gasteiger partial charge in [0.25, 0.3) is 5.91 Å². The zero-order valence-corrected chi connectivity index (χ0v) is 14.2. The van der Waals surface area contributed by atoms with Crippen LogP contribution in [0.4, 0.5) is 0 Å². The summed E-state index contributed by atoms with van der Waals surface area (Å²) in [5.41, 5.74) is 5.22. The predicted molar refractivity (Wildman–Crippen MR) is 95.2 cm³/mol. The highest BCUT2D eigenvalue weighted by Gasteiger charge is 2.41. The number of imidazole rings is 1. The lowest BCUT2D eigenvalue weighted by atomic mass is 10.1. The van der Waals surface area contributed by atoms with Gasteiger partial charge >= 0.3 is 0 Å². The van der Waals surface area contributed by atoms with E-state index in [9.17, 15) is 4.79 Å². The molecule has 1 aromatic carbocycles. The molecule has 1 saturated heterocycles.